The van der Waals surface area contributed by atoms with Gasteiger partial charge in [0.1, 0.15) is 0 Å². The van der Waals surface area contributed by atoms with Gasteiger partial charge >= 0.3 is 0 Å². The van der Waals surface area contributed by atoms with Crippen molar-refractivity contribution in [3.05, 3.63) is 11.8 Å². The van der Waals surface area contributed by atoms with Crippen molar-refractivity contribution in [1.29, 1.82) is 0 Å². The second kappa shape index (κ2) is 4.52. The van der Waals surface area contributed by atoms with Crippen LogP contribution in [0.25, 0.3) is 0 Å². The molecular formula is C9H16N4O2S. The van der Waals surface area contributed by atoms with Crippen LogP contribution in [0.5, 0.6) is 0 Å². The monoisotopic (exact) mass is 244 g/mol. The number of H-pyrrole nitrogens is 1. The Morgan fingerprint density at radius 2 is 2.31 bits per heavy atom. The summed E-state index contributed by atoms with van der Waals surface area (Å²) in [6.45, 7) is 1.01. The highest BCUT2D eigenvalue weighted by Crippen LogP contribution is 2.28. The highest BCUT2D eigenvalue weighted by atomic mass is 32.2. The predicted octanol–water partition coefficient (Wildman–Crippen LogP) is -0.183. The van der Waals surface area contributed by atoms with Gasteiger partial charge in [-0.1, -0.05) is 0 Å². The Morgan fingerprint density at radius 1 is 1.56 bits per heavy atom. The second-order valence-electron chi connectivity index (χ2n) is 4.05. The maximum absolute atomic E-state index is 11.9. The van der Waals surface area contributed by atoms with Gasteiger partial charge in [0, 0.05) is 18.7 Å². The third-order valence-electron chi connectivity index (χ3n) is 2.57. The van der Waals surface area contributed by atoms with E-state index in [1.807, 2.05) is 0 Å². The van der Waals surface area contributed by atoms with Gasteiger partial charge in [0.25, 0.3) is 10.0 Å². The minimum absolute atomic E-state index is 0.169. The molecule has 6 nitrogen and oxygen atoms in total. The number of aromatic amines is 1. The van der Waals surface area contributed by atoms with E-state index >= 15 is 0 Å². The van der Waals surface area contributed by atoms with E-state index in [9.17, 15) is 8.42 Å². The van der Waals surface area contributed by atoms with Gasteiger partial charge in [-0.3, -0.25) is 5.10 Å². The summed E-state index contributed by atoms with van der Waals surface area (Å²) in [6.07, 6.45) is 3.77. The zero-order valence-electron chi connectivity index (χ0n) is 9.16. The number of rotatable bonds is 6. The Hall–Kier alpha value is -0.920. The summed E-state index contributed by atoms with van der Waals surface area (Å²) in [5, 5.41) is 9.38. The summed E-state index contributed by atoms with van der Waals surface area (Å²) in [5.41, 5.74) is 0.658. The minimum atomic E-state index is -3.43. The molecule has 1 aromatic heterocycles. The first-order valence-electron chi connectivity index (χ1n) is 5.30. The maximum atomic E-state index is 11.9. The topological polar surface area (TPSA) is 86.9 Å². The standard InChI is InChI=1S/C9H16N4O2S/c1-10-5-8-6-11-13-9(8)16(14,15)12-4-7-2-3-7/h6-7,10,12H,2-5H2,1H3,(H,11,13). The van der Waals surface area contributed by atoms with Crippen molar-refractivity contribution in [3.63, 3.8) is 0 Å². The Bertz CT molecular complexity index is 450. The lowest BCUT2D eigenvalue weighted by atomic mass is 10.4. The summed E-state index contributed by atoms with van der Waals surface area (Å²) in [4.78, 5) is 0. The molecule has 0 atom stereocenters. The Balaban J connectivity index is 2.10. The molecule has 0 bridgehead atoms. The van der Waals surface area contributed by atoms with Crippen LogP contribution in [-0.4, -0.2) is 32.2 Å². The van der Waals surface area contributed by atoms with E-state index in [1.54, 1.807) is 7.05 Å². The van der Waals surface area contributed by atoms with Crippen molar-refractivity contribution in [3.8, 4) is 0 Å². The van der Waals surface area contributed by atoms with Crippen LogP contribution in [0.2, 0.25) is 0 Å². The highest BCUT2D eigenvalue weighted by molar-refractivity contribution is 7.89. The van der Waals surface area contributed by atoms with Crippen LogP contribution in [0.1, 0.15) is 18.4 Å². The fourth-order valence-corrected chi connectivity index (χ4v) is 2.71. The fourth-order valence-electron chi connectivity index (χ4n) is 1.47. The lowest BCUT2D eigenvalue weighted by Gasteiger charge is -2.05. The van der Waals surface area contributed by atoms with E-state index in [2.05, 4.69) is 20.2 Å². The molecule has 0 spiro atoms. The molecule has 0 unspecified atom stereocenters. The van der Waals surface area contributed by atoms with E-state index in [0.717, 1.165) is 12.8 Å². The molecule has 1 aromatic rings. The van der Waals surface area contributed by atoms with E-state index in [1.165, 1.54) is 6.20 Å². The Labute approximate surface area is 94.9 Å². The van der Waals surface area contributed by atoms with Crippen molar-refractivity contribution in [1.82, 2.24) is 20.2 Å². The van der Waals surface area contributed by atoms with Gasteiger partial charge in [-0.25, -0.2) is 13.1 Å². The molecule has 1 heterocycles. The molecule has 0 aromatic carbocycles. The Morgan fingerprint density at radius 3 is 2.94 bits per heavy atom. The third kappa shape index (κ3) is 2.60. The first-order chi connectivity index (χ1) is 7.63. The number of nitrogens with one attached hydrogen (secondary N) is 3. The minimum Gasteiger partial charge on any atom is -0.316 e. The van der Waals surface area contributed by atoms with Crippen LogP contribution >= 0.6 is 0 Å². The molecule has 90 valence electrons. The normalized spacial score (nSPS) is 16.6. The van der Waals surface area contributed by atoms with Crippen molar-refractivity contribution in [2.75, 3.05) is 13.6 Å². The van der Waals surface area contributed by atoms with Crippen LogP contribution in [0, 0.1) is 5.92 Å². The van der Waals surface area contributed by atoms with Crippen LogP contribution in [0.3, 0.4) is 0 Å². The summed E-state index contributed by atoms with van der Waals surface area (Å²) < 4.78 is 26.4. The van der Waals surface area contributed by atoms with E-state index in [-0.39, 0.29) is 5.03 Å². The van der Waals surface area contributed by atoms with Gasteiger partial charge in [-0.05, 0) is 25.8 Å². The van der Waals surface area contributed by atoms with Gasteiger partial charge in [0.05, 0.1) is 6.20 Å². The van der Waals surface area contributed by atoms with Crippen molar-refractivity contribution in [2.24, 2.45) is 5.92 Å². The lowest BCUT2D eigenvalue weighted by molar-refractivity contribution is 0.571. The average Bonchev–Trinajstić information content (AvgIpc) is 2.95. The number of hydrogen-bond acceptors (Lipinski definition) is 4. The fraction of sp³-hybridized carbons (Fsp3) is 0.667. The zero-order chi connectivity index (χ0) is 11.6. The van der Waals surface area contributed by atoms with E-state index < -0.39 is 10.0 Å². The first kappa shape index (κ1) is 11.6. The molecule has 1 fully saturated rings. The van der Waals surface area contributed by atoms with Crippen LogP contribution in [0.4, 0.5) is 0 Å². The molecule has 7 heteroatoms. The largest absolute Gasteiger partial charge is 0.316 e. The van der Waals surface area contributed by atoms with E-state index in [4.69, 9.17) is 0 Å². The second-order valence-corrected chi connectivity index (χ2v) is 5.75. The molecule has 16 heavy (non-hydrogen) atoms. The Kier molecular flexibility index (Phi) is 3.27. The summed E-state index contributed by atoms with van der Waals surface area (Å²) in [5.74, 6) is 0.519. The molecule has 2 rings (SSSR count). The molecule has 0 radical (unpaired) electrons. The quantitative estimate of drug-likeness (QED) is 0.647. The molecule has 1 aliphatic rings. The smallest absolute Gasteiger partial charge is 0.257 e. The SMILES string of the molecule is CNCc1cn[nH]c1S(=O)(=O)NCC1CC1. The number of nitrogens with zero attached hydrogens (tertiary/aromatic N) is 1. The highest BCUT2D eigenvalue weighted by Gasteiger charge is 2.26. The molecule has 0 saturated heterocycles. The molecular weight excluding hydrogens is 228 g/mol. The average molecular weight is 244 g/mol. The van der Waals surface area contributed by atoms with Gasteiger partial charge in [-0.2, -0.15) is 5.10 Å². The van der Waals surface area contributed by atoms with Crippen molar-refractivity contribution >= 4 is 10.0 Å². The van der Waals surface area contributed by atoms with Gasteiger partial charge in [0.2, 0.25) is 0 Å². The third-order valence-corrected chi connectivity index (χ3v) is 4.01. The summed E-state index contributed by atoms with van der Waals surface area (Å²) >= 11 is 0. The number of aromatic nitrogens is 2. The first-order valence-corrected chi connectivity index (χ1v) is 6.78. The van der Waals surface area contributed by atoms with Gasteiger partial charge in [-0.15, -0.1) is 0 Å². The summed E-state index contributed by atoms with van der Waals surface area (Å²) in [6, 6.07) is 0. The van der Waals surface area contributed by atoms with Crippen LogP contribution in [-0.2, 0) is 16.6 Å². The zero-order valence-corrected chi connectivity index (χ0v) is 9.97. The van der Waals surface area contributed by atoms with Gasteiger partial charge in [0.15, 0.2) is 5.03 Å². The van der Waals surface area contributed by atoms with Gasteiger partial charge < -0.3 is 5.32 Å². The molecule has 1 saturated carbocycles. The number of sulfonamides is 1. The molecule has 0 amide bonds. The lowest BCUT2D eigenvalue weighted by Crippen LogP contribution is -2.27. The summed E-state index contributed by atoms with van der Waals surface area (Å²) in [7, 11) is -1.67. The molecule has 1 aliphatic carbocycles. The maximum Gasteiger partial charge on any atom is 0.257 e. The van der Waals surface area contributed by atoms with Crippen LogP contribution < -0.4 is 10.0 Å². The van der Waals surface area contributed by atoms with Crippen molar-refractivity contribution in [2.45, 2.75) is 24.4 Å². The molecule has 0 aliphatic heterocycles. The molecule has 3 N–H and O–H groups in total. The number of hydrogen-bond donors (Lipinski definition) is 3. The van der Waals surface area contributed by atoms with E-state index in [0.29, 0.717) is 24.6 Å². The predicted molar refractivity (Wildman–Crippen MR) is 59.3 cm³/mol. The van der Waals surface area contributed by atoms with Crippen LogP contribution in [0.15, 0.2) is 11.2 Å². The van der Waals surface area contributed by atoms with Crippen molar-refractivity contribution < 1.29 is 8.42 Å².